The SMILES string of the molecule is O=C(Nc1cn(-c2ccccc2)nc1OCC(F)(F)F)c1cccc(-c2ccn[nH]2)n1. The van der Waals surface area contributed by atoms with Gasteiger partial charge in [0.1, 0.15) is 11.4 Å². The Morgan fingerprint density at radius 3 is 2.61 bits per heavy atom. The van der Waals surface area contributed by atoms with E-state index in [9.17, 15) is 18.0 Å². The van der Waals surface area contributed by atoms with Crippen molar-refractivity contribution in [2.24, 2.45) is 0 Å². The van der Waals surface area contributed by atoms with Crippen LogP contribution in [-0.4, -0.2) is 43.7 Å². The number of carbonyl (C=O) groups excluding carboxylic acids is 1. The van der Waals surface area contributed by atoms with Gasteiger partial charge >= 0.3 is 6.18 Å². The number of nitrogens with one attached hydrogen (secondary N) is 2. The fraction of sp³-hybridized carbons (Fsp3) is 0.100. The van der Waals surface area contributed by atoms with Crippen molar-refractivity contribution in [2.45, 2.75) is 6.18 Å². The number of ether oxygens (including phenoxy) is 1. The van der Waals surface area contributed by atoms with Crippen LogP contribution in [0.2, 0.25) is 0 Å². The first-order valence-corrected chi connectivity index (χ1v) is 9.02. The molecule has 0 spiro atoms. The summed E-state index contributed by atoms with van der Waals surface area (Å²) in [6, 6.07) is 15.2. The molecule has 0 atom stereocenters. The number of H-pyrrole nitrogens is 1. The summed E-state index contributed by atoms with van der Waals surface area (Å²) in [4.78, 5) is 17.0. The van der Waals surface area contributed by atoms with Crippen LogP contribution in [0.4, 0.5) is 18.9 Å². The topological polar surface area (TPSA) is 97.7 Å². The molecule has 0 unspecified atom stereocenters. The molecule has 1 aromatic carbocycles. The minimum Gasteiger partial charge on any atom is -0.465 e. The number of halogens is 3. The third-order valence-corrected chi connectivity index (χ3v) is 4.08. The van der Waals surface area contributed by atoms with E-state index in [1.165, 1.54) is 16.9 Å². The predicted molar refractivity (Wildman–Crippen MR) is 105 cm³/mol. The molecule has 0 aliphatic heterocycles. The van der Waals surface area contributed by atoms with Crippen molar-refractivity contribution in [1.29, 1.82) is 0 Å². The lowest BCUT2D eigenvalue weighted by Crippen LogP contribution is -2.20. The maximum atomic E-state index is 12.7. The lowest BCUT2D eigenvalue weighted by molar-refractivity contribution is -0.154. The zero-order chi connectivity index (χ0) is 21.8. The van der Waals surface area contributed by atoms with Crippen LogP contribution in [0.1, 0.15) is 10.5 Å². The van der Waals surface area contributed by atoms with E-state index in [0.29, 0.717) is 17.1 Å². The van der Waals surface area contributed by atoms with Crippen molar-refractivity contribution in [3.05, 3.63) is 72.7 Å². The molecule has 0 bridgehead atoms. The fourth-order valence-corrected chi connectivity index (χ4v) is 2.71. The minimum absolute atomic E-state index is 0.0214. The highest BCUT2D eigenvalue weighted by atomic mass is 19.4. The highest BCUT2D eigenvalue weighted by Crippen LogP contribution is 2.27. The van der Waals surface area contributed by atoms with Gasteiger partial charge in [-0.05, 0) is 30.3 Å². The molecule has 3 aromatic heterocycles. The smallest absolute Gasteiger partial charge is 0.422 e. The normalized spacial score (nSPS) is 11.3. The summed E-state index contributed by atoms with van der Waals surface area (Å²) in [5, 5.41) is 13.1. The molecular formula is C20H15F3N6O2. The first kappa shape index (κ1) is 20.1. The van der Waals surface area contributed by atoms with Gasteiger partial charge in [0.2, 0.25) is 0 Å². The molecule has 0 saturated carbocycles. The largest absolute Gasteiger partial charge is 0.465 e. The summed E-state index contributed by atoms with van der Waals surface area (Å²) >= 11 is 0. The molecule has 31 heavy (non-hydrogen) atoms. The van der Waals surface area contributed by atoms with E-state index in [1.54, 1.807) is 54.7 Å². The van der Waals surface area contributed by atoms with Crippen LogP contribution in [0.5, 0.6) is 5.88 Å². The number of hydrogen-bond acceptors (Lipinski definition) is 5. The molecule has 0 radical (unpaired) electrons. The summed E-state index contributed by atoms with van der Waals surface area (Å²) in [5.74, 6) is -0.995. The van der Waals surface area contributed by atoms with Gasteiger partial charge in [-0.1, -0.05) is 24.3 Å². The molecule has 4 rings (SSSR count). The van der Waals surface area contributed by atoms with Gasteiger partial charge in [0, 0.05) is 6.20 Å². The predicted octanol–water partition coefficient (Wildman–Crippen LogP) is 3.85. The van der Waals surface area contributed by atoms with Gasteiger partial charge in [0.05, 0.1) is 23.3 Å². The second-order valence-corrected chi connectivity index (χ2v) is 6.36. The van der Waals surface area contributed by atoms with Crippen molar-refractivity contribution in [3.63, 3.8) is 0 Å². The Balaban J connectivity index is 1.61. The molecule has 0 saturated heterocycles. The highest BCUT2D eigenvalue weighted by molar-refractivity contribution is 6.03. The molecule has 4 aromatic rings. The van der Waals surface area contributed by atoms with E-state index in [0.717, 1.165) is 0 Å². The lowest BCUT2D eigenvalue weighted by atomic mass is 10.2. The van der Waals surface area contributed by atoms with E-state index < -0.39 is 18.7 Å². The molecule has 1 amide bonds. The standard InChI is InChI=1S/C20H15F3N6O2/c21-20(22,23)12-31-19-17(11-29(28-19)13-5-2-1-3-6-13)26-18(30)16-8-4-7-14(25-16)15-9-10-24-27-15/h1-11H,12H2,(H,24,27)(H,26,30). The van der Waals surface area contributed by atoms with Crippen LogP contribution >= 0.6 is 0 Å². The number of alkyl halides is 3. The van der Waals surface area contributed by atoms with Crippen LogP contribution in [-0.2, 0) is 0 Å². The van der Waals surface area contributed by atoms with E-state index in [2.05, 4.69) is 25.6 Å². The monoisotopic (exact) mass is 428 g/mol. The third-order valence-electron chi connectivity index (χ3n) is 4.08. The average Bonchev–Trinajstić information content (AvgIpc) is 3.43. The van der Waals surface area contributed by atoms with Crippen molar-refractivity contribution < 1.29 is 22.7 Å². The molecule has 11 heteroatoms. The first-order valence-electron chi connectivity index (χ1n) is 9.02. The Kier molecular flexibility index (Phi) is 5.39. The second kappa shape index (κ2) is 8.30. The van der Waals surface area contributed by atoms with Gasteiger partial charge < -0.3 is 10.1 Å². The van der Waals surface area contributed by atoms with Crippen molar-refractivity contribution >= 4 is 11.6 Å². The van der Waals surface area contributed by atoms with Gasteiger partial charge in [-0.2, -0.15) is 18.3 Å². The Morgan fingerprint density at radius 1 is 1.10 bits per heavy atom. The van der Waals surface area contributed by atoms with Crippen LogP contribution in [0.3, 0.4) is 0 Å². The van der Waals surface area contributed by atoms with Crippen molar-refractivity contribution in [3.8, 4) is 23.0 Å². The zero-order valence-electron chi connectivity index (χ0n) is 15.8. The number of amides is 1. The Morgan fingerprint density at radius 2 is 1.90 bits per heavy atom. The van der Waals surface area contributed by atoms with E-state index in [1.807, 2.05) is 0 Å². The van der Waals surface area contributed by atoms with Gasteiger partial charge in [-0.15, -0.1) is 5.10 Å². The molecule has 2 N–H and O–H groups in total. The molecule has 0 fully saturated rings. The third kappa shape index (κ3) is 4.89. The molecular weight excluding hydrogens is 413 g/mol. The summed E-state index contributed by atoms with van der Waals surface area (Å²) in [5.41, 5.74) is 1.71. The molecule has 8 nitrogen and oxygen atoms in total. The molecule has 3 heterocycles. The Bertz CT molecular complexity index is 1170. The van der Waals surface area contributed by atoms with Gasteiger partial charge in [-0.3, -0.25) is 9.89 Å². The number of aromatic nitrogens is 5. The number of para-hydroxylation sites is 1. The number of aromatic amines is 1. The Labute approximate surface area is 173 Å². The maximum Gasteiger partial charge on any atom is 0.422 e. The van der Waals surface area contributed by atoms with E-state index in [4.69, 9.17) is 4.74 Å². The fourth-order valence-electron chi connectivity index (χ4n) is 2.71. The van der Waals surface area contributed by atoms with Gasteiger partial charge in [-0.25, -0.2) is 9.67 Å². The summed E-state index contributed by atoms with van der Waals surface area (Å²) < 4.78 is 44.1. The lowest BCUT2D eigenvalue weighted by Gasteiger charge is -2.09. The number of nitrogens with zero attached hydrogens (tertiary/aromatic N) is 4. The summed E-state index contributed by atoms with van der Waals surface area (Å²) in [7, 11) is 0. The number of anilines is 1. The first-order chi connectivity index (χ1) is 14.9. The van der Waals surface area contributed by atoms with Crippen LogP contribution < -0.4 is 10.1 Å². The van der Waals surface area contributed by atoms with Crippen LogP contribution in [0, 0.1) is 0 Å². The van der Waals surface area contributed by atoms with E-state index >= 15 is 0 Å². The summed E-state index contributed by atoms with van der Waals surface area (Å²) in [6.45, 7) is -1.55. The quantitative estimate of drug-likeness (QED) is 0.486. The number of hydrogen-bond donors (Lipinski definition) is 2. The van der Waals surface area contributed by atoms with Crippen LogP contribution in [0.15, 0.2) is 67.0 Å². The second-order valence-electron chi connectivity index (χ2n) is 6.36. The molecule has 158 valence electrons. The van der Waals surface area contributed by atoms with Crippen molar-refractivity contribution in [2.75, 3.05) is 11.9 Å². The van der Waals surface area contributed by atoms with Gasteiger partial charge in [0.25, 0.3) is 11.8 Å². The number of carbonyl (C=O) groups is 1. The average molecular weight is 428 g/mol. The number of rotatable bonds is 6. The number of pyridine rings is 1. The van der Waals surface area contributed by atoms with E-state index in [-0.39, 0.29) is 17.3 Å². The highest BCUT2D eigenvalue weighted by Gasteiger charge is 2.30. The Hall–Kier alpha value is -4.15. The summed E-state index contributed by atoms with van der Waals surface area (Å²) in [6.07, 6.45) is -1.64. The maximum absolute atomic E-state index is 12.7. The molecule has 0 aliphatic rings. The van der Waals surface area contributed by atoms with Crippen molar-refractivity contribution in [1.82, 2.24) is 25.0 Å². The molecule has 0 aliphatic carbocycles. The minimum atomic E-state index is -4.56. The van der Waals surface area contributed by atoms with Gasteiger partial charge in [0.15, 0.2) is 6.61 Å². The number of benzene rings is 1. The van der Waals surface area contributed by atoms with Crippen LogP contribution in [0.25, 0.3) is 17.1 Å². The zero-order valence-corrected chi connectivity index (χ0v) is 15.8.